The molecule has 2 atom stereocenters. The Morgan fingerprint density at radius 3 is 2.44 bits per heavy atom. The van der Waals surface area contributed by atoms with Crippen LogP contribution in [0.1, 0.15) is 19.3 Å². The first-order valence-corrected chi connectivity index (χ1v) is 5.90. The Kier molecular flexibility index (Phi) is 3.78. The van der Waals surface area contributed by atoms with Crippen molar-refractivity contribution in [1.29, 1.82) is 0 Å². The molecule has 2 N–H and O–H groups in total. The SMILES string of the molecule is OC1CCCC1CNc1nc(Cl)nc(Cl)n1. The third-order valence-corrected chi connectivity index (χ3v) is 3.06. The van der Waals surface area contributed by atoms with E-state index in [-0.39, 0.29) is 22.6 Å². The summed E-state index contributed by atoms with van der Waals surface area (Å²) in [6.45, 7) is 0.623. The normalized spacial score (nSPS) is 24.7. The molecule has 1 aliphatic rings. The molecular weight excluding hydrogens is 251 g/mol. The summed E-state index contributed by atoms with van der Waals surface area (Å²) in [7, 11) is 0. The summed E-state index contributed by atoms with van der Waals surface area (Å²) in [5.74, 6) is 0.596. The highest BCUT2D eigenvalue weighted by Crippen LogP contribution is 2.25. The summed E-state index contributed by atoms with van der Waals surface area (Å²) < 4.78 is 0. The number of nitrogens with one attached hydrogen (secondary N) is 1. The van der Waals surface area contributed by atoms with Gasteiger partial charge in [0.15, 0.2) is 0 Å². The molecule has 0 amide bonds. The van der Waals surface area contributed by atoms with Gasteiger partial charge < -0.3 is 10.4 Å². The number of rotatable bonds is 3. The predicted molar refractivity (Wildman–Crippen MR) is 61.7 cm³/mol. The smallest absolute Gasteiger partial charge is 0.228 e. The van der Waals surface area contributed by atoms with E-state index in [1.165, 1.54) is 0 Å². The average molecular weight is 263 g/mol. The van der Waals surface area contributed by atoms with Crippen LogP contribution in [0.5, 0.6) is 0 Å². The second-order valence-corrected chi connectivity index (χ2v) is 4.51. The van der Waals surface area contributed by atoms with Crippen molar-refractivity contribution in [3.63, 3.8) is 0 Å². The summed E-state index contributed by atoms with van der Waals surface area (Å²) in [5, 5.41) is 12.8. The second-order valence-electron chi connectivity index (χ2n) is 3.84. The Morgan fingerprint density at radius 2 is 1.88 bits per heavy atom. The monoisotopic (exact) mass is 262 g/mol. The van der Waals surface area contributed by atoms with E-state index in [0.29, 0.717) is 12.5 Å². The van der Waals surface area contributed by atoms with Crippen LogP contribution < -0.4 is 5.32 Å². The second kappa shape index (κ2) is 5.12. The number of hydrogen-bond acceptors (Lipinski definition) is 5. The third-order valence-electron chi connectivity index (χ3n) is 2.72. The number of nitrogens with zero attached hydrogens (tertiary/aromatic N) is 3. The molecule has 1 heterocycles. The van der Waals surface area contributed by atoms with Crippen molar-refractivity contribution in [2.45, 2.75) is 25.4 Å². The van der Waals surface area contributed by atoms with E-state index in [1.807, 2.05) is 0 Å². The number of halogens is 2. The van der Waals surface area contributed by atoms with Crippen LogP contribution in [0.25, 0.3) is 0 Å². The Balaban J connectivity index is 1.94. The lowest BCUT2D eigenvalue weighted by atomic mass is 10.1. The first kappa shape index (κ1) is 11.8. The minimum Gasteiger partial charge on any atom is -0.393 e. The van der Waals surface area contributed by atoms with Crippen molar-refractivity contribution in [3.05, 3.63) is 10.6 Å². The van der Waals surface area contributed by atoms with Crippen LogP contribution in [-0.2, 0) is 0 Å². The van der Waals surface area contributed by atoms with Gasteiger partial charge in [0.25, 0.3) is 0 Å². The fourth-order valence-corrected chi connectivity index (χ4v) is 2.25. The zero-order valence-electron chi connectivity index (χ0n) is 8.53. The van der Waals surface area contributed by atoms with Crippen LogP contribution in [0.15, 0.2) is 0 Å². The standard InChI is InChI=1S/C9H12Cl2N4O/c10-7-13-8(11)15-9(14-7)12-4-5-2-1-3-6(5)16/h5-6,16H,1-4H2,(H,12,13,14,15). The van der Waals surface area contributed by atoms with Gasteiger partial charge in [0, 0.05) is 12.5 Å². The summed E-state index contributed by atoms with van der Waals surface area (Å²) in [6.07, 6.45) is 2.71. The molecule has 1 aliphatic carbocycles. The highest BCUT2D eigenvalue weighted by atomic mass is 35.5. The van der Waals surface area contributed by atoms with Gasteiger partial charge in [-0.05, 0) is 36.0 Å². The Morgan fingerprint density at radius 1 is 1.19 bits per heavy atom. The molecule has 7 heteroatoms. The molecule has 1 fully saturated rings. The van der Waals surface area contributed by atoms with Gasteiger partial charge in [-0.25, -0.2) is 0 Å². The molecule has 0 spiro atoms. The van der Waals surface area contributed by atoms with Crippen molar-refractivity contribution < 1.29 is 5.11 Å². The molecule has 0 radical (unpaired) electrons. The van der Waals surface area contributed by atoms with E-state index in [4.69, 9.17) is 23.2 Å². The Bertz CT molecular complexity index is 356. The Labute approximate surface area is 103 Å². The minimum absolute atomic E-state index is 0.0643. The van der Waals surface area contributed by atoms with E-state index < -0.39 is 0 Å². The zero-order valence-corrected chi connectivity index (χ0v) is 10.0. The molecule has 1 aromatic heterocycles. The van der Waals surface area contributed by atoms with Gasteiger partial charge in [-0.3, -0.25) is 0 Å². The zero-order chi connectivity index (χ0) is 11.5. The van der Waals surface area contributed by atoms with Gasteiger partial charge in [0.2, 0.25) is 16.5 Å². The van der Waals surface area contributed by atoms with Gasteiger partial charge >= 0.3 is 0 Å². The van der Waals surface area contributed by atoms with Crippen molar-refractivity contribution >= 4 is 29.2 Å². The van der Waals surface area contributed by atoms with Gasteiger partial charge in [-0.15, -0.1) is 0 Å². The number of anilines is 1. The molecule has 16 heavy (non-hydrogen) atoms. The van der Waals surface area contributed by atoms with E-state index in [0.717, 1.165) is 19.3 Å². The molecule has 88 valence electrons. The highest BCUT2D eigenvalue weighted by Gasteiger charge is 2.24. The molecule has 1 aromatic rings. The van der Waals surface area contributed by atoms with Crippen molar-refractivity contribution in [2.75, 3.05) is 11.9 Å². The summed E-state index contributed by atoms with van der Waals surface area (Å²) in [4.78, 5) is 11.4. The highest BCUT2D eigenvalue weighted by molar-refractivity contribution is 6.31. The summed E-state index contributed by atoms with van der Waals surface area (Å²) in [6, 6.07) is 0. The molecule has 5 nitrogen and oxygen atoms in total. The van der Waals surface area contributed by atoms with Gasteiger partial charge in [-0.2, -0.15) is 15.0 Å². The fourth-order valence-electron chi connectivity index (χ4n) is 1.88. The summed E-state index contributed by atoms with van der Waals surface area (Å²) in [5.41, 5.74) is 0. The van der Waals surface area contributed by atoms with Crippen LogP contribution in [0, 0.1) is 5.92 Å². The molecule has 0 bridgehead atoms. The number of aromatic nitrogens is 3. The van der Waals surface area contributed by atoms with Crippen LogP contribution in [-0.4, -0.2) is 32.7 Å². The maximum absolute atomic E-state index is 9.63. The third kappa shape index (κ3) is 2.93. The van der Waals surface area contributed by atoms with E-state index in [2.05, 4.69) is 20.3 Å². The van der Waals surface area contributed by atoms with Crippen LogP contribution in [0.2, 0.25) is 10.6 Å². The van der Waals surface area contributed by atoms with Gasteiger partial charge in [-0.1, -0.05) is 6.42 Å². The Hall–Kier alpha value is -0.650. The molecular formula is C9H12Cl2N4O. The van der Waals surface area contributed by atoms with Gasteiger partial charge in [0.05, 0.1) is 6.10 Å². The first-order valence-electron chi connectivity index (χ1n) is 5.14. The number of hydrogen-bond donors (Lipinski definition) is 2. The van der Waals surface area contributed by atoms with Crippen molar-refractivity contribution in [2.24, 2.45) is 5.92 Å². The summed E-state index contributed by atoms with van der Waals surface area (Å²) >= 11 is 11.3. The number of aliphatic hydroxyl groups excluding tert-OH is 1. The molecule has 2 unspecified atom stereocenters. The lowest BCUT2D eigenvalue weighted by molar-refractivity contribution is 0.138. The quantitative estimate of drug-likeness (QED) is 0.869. The van der Waals surface area contributed by atoms with Crippen LogP contribution >= 0.6 is 23.2 Å². The molecule has 2 rings (SSSR count). The molecule has 0 aromatic carbocycles. The lowest BCUT2D eigenvalue weighted by Gasteiger charge is -2.14. The van der Waals surface area contributed by atoms with Crippen LogP contribution in [0.4, 0.5) is 5.95 Å². The van der Waals surface area contributed by atoms with Crippen molar-refractivity contribution in [3.8, 4) is 0 Å². The lowest BCUT2D eigenvalue weighted by Crippen LogP contribution is -2.22. The average Bonchev–Trinajstić information content (AvgIpc) is 2.59. The topological polar surface area (TPSA) is 70.9 Å². The van der Waals surface area contributed by atoms with Crippen molar-refractivity contribution in [1.82, 2.24) is 15.0 Å². The molecule has 1 saturated carbocycles. The van der Waals surface area contributed by atoms with Crippen LogP contribution in [0.3, 0.4) is 0 Å². The van der Waals surface area contributed by atoms with E-state index in [9.17, 15) is 5.11 Å². The predicted octanol–water partition coefficient (Wildman–Crippen LogP) is 1.75. The fraction of sp³-hybridized carbons (Fsp3) is 0.667. The first-order chi connectivity index (χ1) is 7.65. The minimum atomic E-state index is -0.236. The van der Waals surface area contributed by atoms with Gasteiger partial charge in [0.1, 0.15) is 0 Å². The maximum atomic E-state index is 9.63. The molecule has 0 aliphatic heterocycles. The molecule has 0 saturated heterocycles. The van der Waals surface area contributed by atoms with E-state index >= 15 is 0 Å². The van der Waals surface area contributed by atoms with E-state index in [1.54, 1.807) is 0 Å². The maximum Gasteiger partial charge on any atom is 0.228 e. The number of aliphatic hydroxyl groups is 1. The largest absolute Gasteiger partial charge is 0.393 e.